The summed E-state index contributed by atoms with van der Waals surface area (Å²) in [6, 6.07) is 7.08. The molecule has 0 bridgehead atoms. The maximum absolute atomic E-state index is 11.0. The van der Waals surface area contributed by atoms with Gasteiger partial charge in [0.25, 0.3) is 0 Å². The summed E-state index contributed by atoms with van der Waals surface area (Å²) in [5, 5.41) is 7.00. The third kappa shape index (κ3) is 3.56. The van der Waals surface area contributed by atoms with Crippen molar-refractivity contribution in [3.8, 4) is 0 Å². The molecular formula is C14H19N4O2S+. The van der Waals surface area contributed by atoms with Crippen LogP contribution in [-0.2, 0) is 23.2 Å². The molecule has 0 aliphatic carbocycles. The zero-order chi connectivity index (χ0) is 15.6. The second-order valence-corrected chi connectivity index (χ2v) is 6.01. The standard InChI is InChI=1S/C14H18N4O2S/c1-9-14(10(2)18(4)16-9)17-21(20)13-7-5-12(6-8-13)15-11(3)19/h5-8,17,20H,1-4H3/p+1. The molecule has 1 aromatic carbocycles. The summed E-state index contributed by atoms with van der Waals surface area (Å²) in [4.78, 5) is 11.7. The number of aromatic nitrogens is 2. The van der Waals surface area contributed by atoms with Crippen molar-refractivity contribution in [3.63, 3.8) is 0 Å². The average Bonchev–Trinajstić information content (AvgIpc) is 2.65. The molecular weight excluding hydrogens is 288 g/mol. The molecule has 2 aromatic rings. The van der Waals surface area contributed by atoms with Gasteiger partial charge in [0.1, 0.15) is 5.69 Å². The van der Waals surface area contributed by atoms with Gasteiger partial charge in [-0.15, -0.1) is 0 Å². The van der Waals surface area contributed by atoms with E-state index in [9.17, 15) is 9.35 Å². The third-order valence-electron chi connectivity index (χ3n) is 3.11. The highest BCUT2D eigenvalue weighted by molar-refractivity contribution is 7.92. The Bertz CT molecular complexity index is 652. The fourth-order valence-electron chi connectivity index (χ4n) is 1.95. The van der Waals surface area contributed by atoms with Crippen LogP contribution in [-0.4, -0.2) is 20.2 Å². The second kappa shape index (κ2) is 6.19. The van der Waals surface area contributed by atoms with Crippen LogP contribution in [0.3, 0.4) is 0 Å². The van der Waals surface area contributed by atoms with Crippen molar-refractivity contribution in [1.82, 2.24) is 9.78 Å². The Morgan fingerprint density at radius 2 is 1.90 bits per heavy atom. The maximum atomic E-state index is 11.0. The van der Waals surface area contributed by atoms with Gasteiger partial charge in [0.15, 0.2) is 0 Å². The smallest absolute Gasteiger partial charge is 0.303 e. The molecule has 0 aliphatic rings. The van der Waals surface area contributed by atoms with Crippen molar-refractivity contribution in [1.29, 1.82) is 0 Å². The van der Waals surface area contributed by atoms with Crippen LogP contribution in [0.4, 0.5) is 11.4 Å². The van der Waals surface area contributed by atoms with Crippen molar-refractivity contribution in [2.75, 3.05) is 10.0 Å². The molecule has 3 N–H and O–H groups in total. The van der Waals surface area contributed by atoms with E-state index in [-0.39, 0.29) is 5.91 Å². The van der Waals surface area contributed by atoms with E-state index < -0.39 is 11.4 Å². The number of carbonyl (C=O) groups is 1. The summed E-state index contributed by atoms with van der Waals surface area (Å²) >= 11 is -1.13. The number of nitrogens with one attached hydrogen (secondary N) is 2. The second-order valence-electron chi connectivity index (χ2n) is 4.76. The first kappa shape index (κ1) is 15.4. The van der Waals surface area contributed by atoms with Crippen molar-refractivity contribution in [2.24, 2.45) is 7.05 Å². The molecule has 0 aliphatic heterocycles. The number of rotatable bonds is 4. The molecule has 1 unspecified atom stereocenters. The number of amides is 1. The number of anilines is 2. The van der Waals surface area contributed by atoms with Crippen molar-refractivity contribution in [3.05, 3.63) is 35.7 Å². The van der Waals surface area contributed by atoms with Crippen LogP contribution in [0.15, 0.2) is 29.2 Å². The first-order valence-electron chi connectivity index (χ1n) is 6.46. The van der Waals surface area contributed by atoms with E-state index in [1.54, 1.807) is 28.9 Å². The summed E-state index contributed by atoms with van der Waals surface area (Å²) < 4.78 is 15.2. The van der Waals surface area contributed by atoms with Crippen LogP contribution in [0.25, 0.3) is 0 Å². The average molecular weight is 307 g/mol. The van der Waals surface area contributed by atoms with E-state index in [0.717, 1.165) is 22.0 Å². The number of aryl methyl sites for hydroxylation is 2. The lowest BCUT2D eigenvalue weighted by Gasteiger charge is -2.04. The number of nitrogens with zero attached hydrogens (tertiary/aromatic N) is 2. The molecule has 7 heteroatoms. The monoisotopic (exact) mass is 307 g/mol. The van der Waals surface area contributed by atoms with Gasteiger partial charge in [-0.25, -0.2) is 0 Å². The highest BCUT2D eigenvalue weighted by Gasteiger charge is 2.24. The van der Waals surface area contributed by atoms with Crippen molar-refractivity contribution in [2.45, 2.75) is 25.7 Å². The fraction of sp³-hybridized carbons (Fsp3) is 0.286. The molecule has 0 fully saturated rings. The van der Waals surface area contributed by atoms with Gasteiger partial charge in [-0.3, -0.25) is 9.48 Å². The topological polar surface area (TPSA) is 79.2 Å². The molecule has 1 amide bonds. The van der Waals surface area contributed by atoms with Gasteiger partial charge in [-0.1, -0.05) is 0 Å². The van der Waals surface area contributed by atoms with Gasteiger partial charge in [0, 0.05) is 31.8 Å². The Hall–Kier alpha value is -1.99. The summed E-state index contributed by atoms with van der Waals surface area (Å²) in [5.41, 5.74) is 3.36. The predicted octanol–water partition coefficient (Wildman–Crippen LogP) is 2.47. The molecule has 1 aromatic heterocycles. The van der Waals surface area contributed by atoms with E-state index in [1.165, 1.54) is 6.92 Å². The lowest BCUT2D eigenvalue weighted by atomic mass is 10.3. The maximum Gasteiger partial charge on any atom is 0.303 e. The fourth-order valence-corrected chi connectivity index (χ4v) is 2.95. The normalized spacial score (nSPS) is 12.0. The van der Waals surface area contributed by atoms with Crippen molar-refractivity contribution < 1.29 is 9.35 Å². The van der Waals surface area contributed by atoms with Gasteiger partial charge < -0.3 is 5.32 Å². The van der Waals surface area contributed by atoms with Crippen LogP contribution in [0, 0.1) is 13.8 Å². The largest absolute Gasteiger partial charge is 0.326 e. The van der Waals surface area contributed by atoms with E-state index in [2.05, 4.69) is 15.1 Å². The molecule has 0 saturated heterocycles. The number of hydrogen-bond donors (Lipinski definition) is 3. The van der Waals surface area contributed by atoms with Gasteiger partial charge >= 0.3 is 11.4 Å². The van der Waals surface area contributed by atoms with Crippen LogP contribution in [0.5, 0.6) is 0 Å². The zero-order valence-electron chi connectivity index (χ0n) is 12.5. The summed E-state index contributed by atoms with van der Waals surface area (Å²) in [6.07, 6.45) is 0. The Kier molecular flexibility index (Phi) is 4.54. The van der Waals surface area contributed by atoms with Crippen LogP contribution in [0.2, 0.25) is 0 Å². The minimum absolute atomic E-state index is 0.120. The van der Waals surface area contributed by atoms with Crippen LogP contribution < -0.4 is 10.0 Å². The summed E-state index contributed by atoms with van der Waals surface area (Å²) in [6.45, 7) is 5.30. The molecule has 21 heavy (non-hydrogen) atoms. The lowest BCUT2D eigenvalue weighted by Crippen LogP contribution is -2.14. The van der Waals surface area contributed by atoms with E-state index in [4.69, 9.17) is 0 Å². The minimum atomic E-state index is -1.13. The third-order valence-corrected chi connectivity index (χ3v) is 4.22. The van der Waals surface area contributed by atoms with Gasteiger partial charge in [0.05, 0.1) is 11.4 Å². The van der Waals surface area contributed by atoms with E-state index >= 15 is 0 Å². The first-order valence-corrected chi connectivity index (χ1v) is 7.64. The van der Waals surface area contributed by atoms with Gasteiger partial charge in [-0.2, -0.15) is 14.4 Å². The highest BCUT2D eigenvalue weighted by Crippen LogP contribution is 2.23. The summed E-state index contributed by atoms with van der Waals surface area (Å²) in [7, 11) is 1.87. The lowest BCUT2D eigenvalue weighted by molar-refractivity contribution is -0.114. The molecule has 1 heterocycles. The minimum Gasteiger partial charge on any atom is -0.326 e. The zero-order valence-corrected chi connectivity index (χ0v) is 13.3. The number of benzene rings is 1. The number of hydrogen-bond acceptors (Lipinski definition) is 4. The number of carbonyl (C=O) groups excluding carboxylic acids is 1. The Balaban J connectivity index is 2.13. The highest BCUT2D eigenvalue weighted by atomic mass is 32.2. The van der Waals surface area contributed by atoms with E-state index in [1.807, 2.05) is 20.9 Å². The molecule has 0 spiro atoms. The Morgan fingerprint density at radius 3 is 2.38 bits per heavy atom. The van der Waals surface area contributed by atoms with E-state index in [0.29, 0.717) is 5.69 Å². The Labute approximate surface area is 126 Å². The van der Waals surface area contributed by atoms with Gasteiger partial charge in [0.2, 0.25) is 10.8 Å². The summed E-state index contributed by atoms with van der Waals surface area (Å²) in [5.74, 6) is -0.120. The van der Waals surface area contributed by atoms with Crippen molar-refractivity contribution >= 4 is 28.6 Å². The molecule has 6 nitrogen and oxygen atoms in total. The molecule has 0 saturated carbocycles. The molecule has 112 valence electrons. The molecule has 1 atom stereocenters. The quantitative estimate of drug-likeness (QED) is 0.758. The van der Waals surface area contributed by atoms with Gasteiger partial charge in [-0.05, 0) is 26.0 Å². The SMILES string of the molecule is CC(=O)Nc1ccc([S+](O)Nc2c(C)nn(C)c2C)cc1. The Morgan fingerprint density at radius 1 is 1.29 bits per heavy atom. The molecule has 0 radical (unpaired) electrons. The first-order chi connectivity index (χ1) is 9.88. The molecule has 2 rings (SSSR count). The predicted molar refractivity (Wildman–Crippen MR) is 85.3 cm³/mol. The van der Waals surface area contributed by atoms with Crippen LogP contribution in [0.1, 0.15) is 18.3 Å². The van der Waals surface area contributed by atoms with Crippen LogP contribution >= 0.6 is 0 Å².